The molecule has 0 aliphatic heterocycles. The fourth-order valence-corrected chi connectivity index (χ4v) is 3.34. The molecule has 2 rings (SSSR count). The molecule has 0 saturated carbocycles. The maximum absolute atomic E-state index is 12.5. The number of esters is 1. The van der Waals surface area contributed by atoms with Gasteiger partial charge in [-0.2, -0.15) is 0 Å². The average molecular weight is 423 g/mol. The molecule has 1 amide bonds. The fraction of sp³-hybridized carbons (Fsp3) is 0.400. The lowest BCUT2D eigenvalue weighted by Crippen LogP contribution is -2.45. The normalized spacial score (nSPS) is 12.8. The molecule has 0 bridgehead atoms. The maximum atomic E-state index is 12.5. The Morgan fingerprint density at radius 3 is 2.38 bits per heavy atom. The first kappa shape index (κ1) is 22.6. The largest absolute Gasteiger partial charge is 0.456 e. The molecule has 8 nitrogen and oxygen atoms in total. The van der Waals surface area contributed by atoms with Crippen LogP contribution in [-0.2, 0) is 26.2 Å². The van der Waals surface area contributed by atoms with Crippen molar-refractivity contribution >= 4 is 21.9 Å². The van der Waals surface area contributed by atoms with E-state index in [2.05, 4.69) is 5.32 Å². The molecule has 0 fully saturated rings. The standard InChI is InChI=1S/C20H26N2O6S/c1-13(2)18(21-19(23)16-9-7-6-8-14(16)3)20(24)27-12-15-10-11-17(28-15)29(25,26)22(4)5/h6-11,13,18H,12H2,1-5H3,(H,21,23)/t18-/m0/s1. The van der Waals surface area contributed by atoms with E-state index in [0.29, 0.717) is 5.56 Å². The van der Waals surface area contributed by atoms with Crippen LogP contribution in [0.4, 0.5) is 0 Å². The molecule has 0 radical (unpaired) electrons. The van der Waals surface area contributed by atoms with Crippen molar-refractivity contribution in [1.29, 1.82) is 0 Å². The third-order valence-electron chi connectivity index (χ3n) is 4.33. The van der Waals surface area contributed by atoms with E-state index in [1.54, 1.807) is 26.0 Å². The number of carbonyl (C=O) groups excluding carboxylic acids is 2. The third-order valence-corrected chi connectivity index (χ3v) is 6.01. The summed E-state index contributed by atoms with van der Waals surface area (Å²) in [5.41, 5.74) is 1.28. The summed E-state index contributed by atoms with van der Waals surface area (Å²) in [6.45, 7) is 5.15. The molecule has 2 aromatic rings. The number of furan rings is 1. The first-order valence-electron chi connectivity index (χ1n) is 9.08. The molecule has 0 spiro atoms. The van der Waals surface area contributed by atoms with Crippen LogP contribution in [0.3, 0.4) is 0 Å². The summed E-state index contributed by atoms with van der Waals surface area (Å²) in [6.07, 6.45) is 0. The first-order chi connectivity index (χ1) is 13.5. The minimum atomic E-state index is -3.71. The van der Waals surface area contributed by atoms with E-state index in [1.165, 1.54) is 26.2 Å². The summed E-state index contributed by atoms with van der Waals surface area (Å²) < 4.78 is 35.6. The lowest BCUT2D eigenvalue weighted by Gasteiger charge is -2.21. The Bertz CT molecular complexity index is 978. The Kier molecular flexibility index (Phi) is 7.21. The fourth-order valence-electron chi connectivity index (χ4n) is 2.53. The number of hydrogen-bond donors (Lipinski definition) is 1. The van der Waals surface area contributed by atoms with Crippen LogP contribution < -0.4 is 5.32 Å². The summed E-state index contributed by atoms with van der Waals surface area (Å²) >= 11 is 0. The second kappa shape index (κ2) is 9.23. The lowest BCUT2D eigenvalue weighted by atomic mass is 10.0. The molecule has 1 aromatic heterocycles. The summed E-state index contributed by atoms with van der Waals surface area (Å²) in [4.78, 5) is 25.0. The number of hydrogen-bond acceptors (Lipinski definition) is 6. The molecular formula is C20H26N2O6S. The first-order valence-corrected chi connectivity index (χ1v) is 10.5. The van der Waals surface area contributed by atoms with Crippen LogP contribution in [0.5, 0.6) is 0 Å². The highest BCUT2D eigenvalue weighted by atomic mass is 32.2. The third kappa shape index (κ3) is 5.45. The van der Waals surface area contributed by atoms with Crippen molar-refractivity contribution in [2.45, 2.75) is 38.5 Å². The molecular weight excluding hydrogens is 396 g/mol. The van der Waals surface area contributed by atoms with Crippen molar-refractivity contribution < 1.29 is 27.2 Å². The van der Waals surface area contributed by atoms with Gasteiger partial charge in [-0.05, 0) is 36.6 Å². The van der Waals surface area contributed by atoms with Crippen molar-refractivity contribution in [3.8, 4) is 0 Å². The SMILES string of the molecule is Cc1ccccc1C(=O)N[C@H](C(=O)OCc1ccc(S(=O)(=O)N(C)C)o1)C(C)C. The Morgan fingerprint density at radius 2 is 1.79 bits per heavy atom. The number of carbonyl (C=O) groups is 2. The quantitative estimate of drug-likeness (QED) is 0.655. The predicted octanol–water partition coefficient (Wildman–Crippen LogP) is 2.34. The number of benzene rings is 1. The van der Waals surface area contributed by atoms with E-state index in [9.17, 15) is 18.0 Å². The van der Waals surface area contributed by atoms with Gasteiger partial charge in [-0.3, -0.25) is 4.79 Å². The van der Waals surface area contributed by atoms with E-state index < -0.39 is 22.0 Å². The molecule has 158 valence electrons. The number of sulfonamides is 1. The number of rotatable bonds is 8. The predicted molar refractivity (Wildman–Crippen MR) is 107 cm³/mol. The molecule has 0 aliphatic rings. The van der Waals surface area contributed by atoms with Crippen molar-refractivity contribution in [2.75, 3.05) is 14.1 Å². The zero-order valence-corrected chi connectivity index (χ0v) is 17.9. The summed E-state index contributed by atoms with van der Waals surface area (Å²) in [6, 6.07) is 8.95. The molecule has 1 atom stereocenters. The number of nitrogens with one attached hydrogen (secondary N) is 1. The van der Waals surface area contributed by atoms with Crippen LogP contribution in [-0.4, -0.2) is 44.7 Å². The number of nitrogens with zero attached hydrogens (tertiary/aromatic N) is 1. The monoisotopic (exact) mass is 422 g/mol. The number of amides is 1. The highest BCUT2D eigenvalue weighted by molar-refractivity contribution is 7.88. The second-order valence-electron chi connectivity index (χ2n) is 7.13. The summed E-state index contributed by atoms with van der Waals surface area (Å²) in [5, 5.41) is 2.47. The zero-order chi connectivity index (χ0) is 21.8. The molecule has 29 heavy (non-hydrogen) atoms. The van der Waals surface area contributed by atoms with Gasteiger partial charge in [0.2, 0.25) is 5.09 Å². The molecule has 0 unspecified atom stereocenters. The van der Waals surface area contributed by atoms with Crippen molar-refractivity contribution in [1.82, 2.24) is 9.62 Å². The van der Waals surface area contributed by atoms with Gasteiger partial charge in [0.05, 0.1) is 0 Å². The van der Waals surface area contributed by atoms with Crippen molar-refractivity contribution in [2.24, 2.45) is 5.92 Å². The minimum Gasteiger partial charge on any atom is -0.456 e. The molecule has 0 aliphatic carbocycles. The molecule has 1 aromatic carbocycles. The zero-order valence-electron chi connectivity index (χ0n) is 17.1. The molecule has 1 heterocycles. The topological polar surface area (TPSA) is 106 Å². The van der Waals surface area contributed by atoms with Crippen LogP contribution in [0.1, 0.15) is 35.5 Å². The lowest BCUT2D eigenvalue weighted by molar-refractivity contribution is -0.149. The van der Waals surface area contributed by atoms with Crippen molar-refractivity contribution in [3.63, 3.8) is 0 Å². The van der Waals surface area contributed by atoms with E-state index in [1.807, 2.05) is 19.1 Å². The van der Waals surface area contributed by atoms with Gasteiger partial charge < -0.3 is 14.5 Å². The van der Waals surface area contributed by atoms with Gasteiger partial charge in [-0.25, -0.2) is 17.5 Å². The average Bonchev–Trinajstić information content (AvgIpc) is 3.13. The summed E-state index contributed by atoms with van der Waals surface area (Å²) in [5.74, 6) is -1.02. The van der Waals surface area contributed by atoms with E-state index in [-0.39, 0.29) is 29.3 Å². The highest BCUT2D eigenvalue weighted by Crippen LogP contribution is 2.18. The minimum absolute atomic E-state index is 0.187. The van der Waals surface area contributed by atoms with Gasteiger partial charge in [0.25, 0.3) is 15.9 Å². The molecule has 9 heteroatoms. The maximum Gasteiger partial charge on any atom is 0.329 e. The van der Waals surface area contributed by atoms with Gasteiger partial charge in [0, 0.05) is 19.7 Å². The number of ether oxygens (including phenoxy) is 1. The Labute approximate surface area is 170 Å². The summed E-state index contributed by atoms with van der Waals surface area (Å²) in [7, 11) is -0.924. The van der Waals surface area contributed by atoms with Gasteiger partial charge >= 0.3 is 5.97 Å². The van der Waals surface area contributed by atoms with Crippen LogP contribution >= 0.6 is 0 Å². The van der Waals surface area contributed by atoms with Crippen molar-refractivity contribution in [3.05, 3.63) is 53.3 Å². The van der Waals surface area contributed by atoms with E-state index in [0.717, 1.165) is 9.87 Å². The van der Waals surface area contributed by atoms with Crippen LogP contribution in [0.2, 0.25) is 0 Å². The van der Waals surface area contributed by atoms with Crippen LogP contribution in [0.25, 0.3) is 0 Å². The Morgan fingerprint density at radius 1 is 1.14 bits per heavy atom. The molecule has 1 N–H and O–H groups in total. The van der Waals surface area contributed by atoms with Crippen LogP contribution in [0.15, 0.2) is 45.9 Å². The van der Waals surface area contributed by atoms with Gasteiger partial charge in [-0.15, -0.1) is 0 Å². The second-order valence-corrected chi connectivity index (χ2v) is 9.21. The van der Waals surface area contributed by atoms with E-state index >= 15 is 0 Å². The van der Waals surface area contributed by atoms with Gasteiger partial charge in [0.1, 0.15) is 18.4 Å². The molecule has 0 saturated heterocycles. The smallest absolute Gasteiger partial charge is 0.329 e. The number of aryl methyl sites for hydroxylation is 1. The van der Waals surface area contributed by atoms with Crippen LogP contribution in [0, 0.1) is 12.8 Å². The Hall–Kier alpha value is -2.65. The van der Waals surface area contributed by atoms with E-state index in [4.69, 9.17) is 9.15 Å². The van der Waals surface area contributed by atoms with Gasteiger partial charge in [-0.1, -0.05) is 32.0 Å². The highest BCUT2D eigenvalue weighted by Gasteiger charge is 2.27. The Balaban J connectivity index is 2.05. The van der Waals surface area contributed by atoms with Gasteiger partial charge in [0.15, 0.2) is 0 Å².